The second-order valence-electron chi connectivity index (χ2n) is 4.90. The third-order valence-corrected chi connectivity index (χ3v) is 4.17. The molecule has 0 bridgehead atoms. The summed E-state index contributed by atoms with van der Waals surface area (Å²) >= 11 is 1.45. The maximum Gasteiger partial charge on any atom is 0.277 e. The Balaban J connectivity index is 1.64. The minimum atomic E-state index is -0.290. The average molecular weight is 309 g/mol. The van der Waals surface area contributed by atoms with Gasteiger partial charge in [0, 0.05) is 18.6 Å². The van der Waals surface area contributed by atoms with Crippen molar-refractivity contribution in [2.45, 2.75) is 6.92 Å². The van der Waals surface area contributed by atoms with Crippen molar-refractivity contribution in [2.24, 2.45) is 0 Å². The second kappa shape index (κ2) is 4.88. The van der Waals surface area contributed by atoms with Crippen LogP contribution in [-0.2, 0) is 0 Å². The predicted octanol–water partition coefficient (Wildman–Crippen LogP) is 2.90. The summed E-state index contributed by atoms with van der Waals surface area (Å²) < 4.78 is 2.75. The van der Waals surface area contributed by atoms with Gasteiger partial charge < -0.3 is 0 Å². The van der Waals surface area contributed by atoms with Gasteiger partial charge in [-0.1, -0.05) is 17.4 Å². The molecule has 4 rings (SSSR count). The van der Waals surface area contributed by atoms with Gasteiger partial charge in [-0.15, -0.1) is 0 Å². The number of hydrogen-bond donors (Lipinski definition) is 1. The van der Waals surface area contributed by atoms with Crippen molar-refractivity contribution < 1.29 is 4.79 Å². The molecule has 0 atom stereocenters. The summed E-state index contributed by atoms with van der Waals surface area (Å²) in [5, 5.41) is 3.36. The van der Waals surface area contributed by atoms with Crippen LogP contribution in [0.5, 0.6) is 0 Å². The number of benzene rings is 1. The number of thiazole rings is 1. The minimum Gasteiger partial charge on any atom is -0.296 e. The molecule has 0 aliphatic carbocycles. The molecule has 0 fully saturated rings. The summed E-state index contributed by atoms with van der Waals surface area (Å²) in [5.74, 6) is 0.203. The third kappa shape index (κ3) is 2.21. The molecule has 22 heavy (non-hydrogen) atoms. The summed E-state index contributed by atoms with van der Waals surface area (Å²) in [7, 11) is 0. The fourth-order valence-corrected chi connectivity index (χ4v) is 3.14. The molecule has 1 amide bonds. The van der Waals surface area contributed by atoms with E-state index in [0.717, 1.165) is 10.2 Å². The SMILES string of the molecule is Cc1ccc2nc(NC(=O)c3cn4cccnc4n3)sc2c1. The first-order valence-corrected chi connectivity index (χ1v) is 7.49. The van der Waals surface area contributed by atoms with Gasteiger partial charge in [0.25, 0.3) is 5.91 Å². The van der Waals surface area contributed by atoms with Crippen LogP contribution in [0.15, 0.2) is 42.9 Å². The zero-order valence-electron chi connectivity index (χ0n) is 11.6. The average Bonchev–Trinajstić information content (AvgIpc) is 3.09. The lowest BCUT2D eigenvalue weighted by Crippen LogP contribution is -2.11. The van der Waals surface area contributed by atoms with E-state index in [1.807, 2.05) is 19.1 Å². The number of carbonyl (C=O) groups excluding carboxylic acids is 1. The Morgan fingerprint density at radius 3 is 3.09 bits per heavy atom. The highest BCUT2D eigenvalue weighted by atomic mass is 32.1. The number of fused-ring (bicyclic) bond motifs is 2. The van der Waals surface area contributed by atoms with E-state index < -0.39 is 0 Å². The van der Waals surface area contributed by atoms with Gasteiger partial charge >= 0.3 is 0 Å². The molecule has 7 heteroatoms. The van der Waals surface area contributed by atoms with Crippen molar-refractivity contribution in [3.05, 3.63) is 54.1 Å². The van der Waals surface area contributed by atoms with Crippen LogP contribution in [0.4, 0.5) is 5.13 Å². The number of aromatic nitrogens is 4. The van der Waals surface area contributed by atoms with E-state index in [0.29, 0.717) is 16.6 Å². The number of nitrogens with zero attached hydrogens (tertiary/aromatic N) is 4. The van der Waals surface area contributed by atoms with Crippen LogP contribution in [-0.4, -0.2) is 25.3 Å². The predicted molar refractivity (Wildman–Crippen MR) is 85.3 cm³/mol. The Kier molecular flexibility index (Phi) is 2.87. The number of anilines is 1. The molecule has 0 aliphatic rings. The summed E-state index contributed by atoms with van der Waals surface area (Å²) in [6.45, 7) is 2.03. The van der Waals surface area contributed by atoms with Gasteiger partial charge in [0.1, 0.15) is 5.69 Å². The van der Waals surface area contributed by atoms with Gasteiger partial charge in [-0.25, -0.2) is 15.0 Å². The monoisotopic (exact) mass is 309 g/mol. The van der Waals surface area contributed by atoms with Crippen LogP contribution in [0, 0.1) is 6.92 Å². The third-order valence-electron chi connectivity index (χ3n) is 3.23. The summed E-state index contributed by atoms with van der Waals surface area (Å²) in [6, 6.07) is 7.79. The van der Waals surface area contributed by atoms with Gasteiger partial charge in [0.15, 0.2) is 5.13 Å². The maximum absolute atomic E-state index is 12.3. The summed E-state index contributed by atoms with van der Waals surface area (Å²) in [6.07, 6.45) is 5.08. The van der Waals surface area contributed by atoms with Crippen LogP contribution >= 0.6 is 11.3 Å². The largest absolute Gasteiger partial charge is 0.296 e. The fraction of sp³-hybridized carbons (Fsp3) is 0.0667. The van der Waals surface area contributed by atoms with Crippen molar-refractivity contribution >= 4 is 38.4 Å². The van der Waals surface area contributed by atoms with Crippen LogP contribution in [0.1, 0.15) is 16.1 Å². The molecule has 1 aromatic carbocycles. The van der Waals surface area contributed by atoms with Crippen LogP contribution in [0.25, 0.3) is 16.0 Å². The number of nitrogens with one attached hydrogen (secondary N) is 1. The Bertz CT molecular complexity index is 970. The van der Waals surface area contributed by atoms with Gasteiger partial charge in [-0.2, -0.15) is 0 Å². The zero-order valence-corrected chi connectivity index (χ0v) is 12.5. The van der Waals surface area contributed by atoms with Crippen LogP contribution < -0.4 is 5.32 Å². The normalized spacial score (nSPS) is 11.1. The molecular formula is C15H11N5OS. The van der Waals surface area contributed by atoms with E-state index in [2.05, 4.69) is 26.3 Å². The van der Waals surface area contributed by atoms with E-state index in [-0.39, 0.29) is 5.91 Å². The van der Waals surface area contributed by atoms with Crippen molar-refractivity contribution in [2.75, 3.05) is 5.32 Å². The second-order valence-corrected chi connectivity index (χ2v) is 5.93. The lowest BCUT2D eigenvalue weighted by atomic mass is 10.2. The van der Waals surface area contributed by atoms with Gasteiger partial charge in [-0.3, -0.25) is 14.5 Å². The molecule has 1 N–H and O–H groups in total. The van der Waals surface area contributed by atoms with Crippen LogP contribution in [0.3, 0.4) is 0 Å². The highest BCUT2D eigenvalue weighted by molar-refractivity contribution is 7.22. The van der Waals surface area contributed by atoms with E-state index in [1.165, 1.54) is 16.9 Å². The zero-order chi connectivity index (χ0) is 15.1. The number of aryl methyl sites for hydroxylation is 1. The molecule has 0 aliphatic heterocycles. The number of amides is 1. The van der Waals surface area contributed by atoms with Crippen molar-refractivity contribution in [3.63, 3.8) is 0 Å². The lowest BCUT2D eigenvalue weighted by molar-refractivity contribution is 0.102. The molecule has 0 unspecified atom stereocenters. The molecule has 108 valence electrons. The number of carbonyl (C=O) groups is 1. The van der Waals surface area contributed by atoms with E-state index in [1.54, 1.807) is 29.1 Å². The highest BCUT2D eigenvalue weighted by Crippen LogP contribution is 2.26. The van der Waals surface area contributed by atoms with Gasteiger partial charge in [0.2, 0.25) is 5.78 Å². The number of hydrogen-bond acceptors (Lipinski definition) is 5. The van der Waals surface area contributed by atoms with E-state index in [4.69, 9.17) is 0 Å². The van der Waals surface area contributed by atoms with Gasteiger partial charge in [-0.05, 0) is 30.7 Å². The molecule has 0 saturated heterocycles. The first kappa shape index (κ1) is 12.9. The minimum absolute atomic E-state index is 0.290. The maximum atomic E-state index is 12.3. The first-order valence-electron chi connectivity index (χ1n) is 6.67. The fourth-order valence-electron chi connectivity index (χ4n) is 2.19. The molecule has 3 heterocycles. The molecule has 6 nitrogen and oxygen atoms in total. The molecule has 3 aromatic heterocycles. The van der Waals surface area contributed by atoms with E-state index in [9.17, 15) is 4.79 Å². The van der Waals surface area contributed by atoms with Gasteiger partial charge in [0.05, 0.1) is 10.2 Å². The van der Waals surface area contributed by atoms with E-state index >= 15 is 0 Å². The number of rotatable bonds is 2. The molecule has 4 aromatic rings. The first-order chi connectivity index (χ1) is 10.7. The Labute approximate surface area is 129 Å². The quantitative estimate of drug-likeness (QED) is 0.618. The lowest BCUT2D eigenvalue weighted by Gasteiger charge is -1.96. The molecule has 0 saturated carbocycles. The molecule has 0 spiro atoms. The van der Waals surface area contributed by atoms with Crippen molar-refractivity contribution in [1.82, 2.24) is 19.4 Å². The summed E-state index contributed by atoms with van der Waals surface area (Å²) in [4.78, 5) is 25.0. The smallest absolute Gasteiger partial charge is 0.277 e. The van der Waals surface area contributed by atoms with Crippen molar-refractivity contribution in [3.8, 4) is 0 Å². The number of imidazole rings is 1. The Morgan fingerprint density at radius 1 is 1.32 bits per heavy atom. The Morgan fingerprint density at radius 2 is 2.23 bits per heavy atom. The summed E-state index contributed by atoms with van der Waals surface area (Å²) in [5.41, 5.74) is 2.36. The van der Waals surface area contributed by atoms with Crippen LogP contribution in [0.2, 0.25) is 0 Å². The topological polar surface area (TPSA) is 72.2 Å². The highest BCUT2D eigenvalue weighted by Gasteiger charge is 2.13. The molecule has 0 radical (unpaired) electrons. The standard InChI is InChI=1S/C15H11N5OS/c1-9-3-4-10-12(7-9)22-15(18-10)19-13(21)11-8-20-6-2-5-16-14(20)17-11/h2-8H,1H3,(H,18,19,21). The van der Waals surface area contributed by atoms with Crippen molar-refractivity contribution in [1.29, 1.82) is 0 Å². The molecular weight excluding hydrogens is 298 g/mol. The Hall–Kier alpha value is -2.80.